The Morgan fingerprint density at radius 3 is 2.60 bits per heavy atom. The molecule has 0 aromatic heterocycles. The van der Waals surface area contributed by atoms with Gasteiger partial charge in [0.05, 0.1) is 39.1 Å². The molecule has 1 heterocycles. The van der Waals surface area contributed by atoms with Gasteiger partial charge in [-0.3, -0.25) is 4.79 Å². The molecule has 0 amide bonds. The standard InChI is InChI=1S/C34H46O6/c1-26-13-12-16-28(21-26)23-37-25-30-29(17-8-3-4-9-18-33(35)36-2)31(39-24-27-14-6-5-7-15-27)22-32(30)40-34-19-10-11-20-38-34/h3,5-8,12-16,21,29-32,34H,4,9-11,17-20,22-25H2,1-2H3/b8-3-/t29-,30-,31+,32+,34?/m0/s1. The van der Waals surface area contributed by atoms with E-state index in [0.29, 0.717) is 26.2 Å². The van der Waals surface area contributed by atoms with Crippen LogP contribution in [0.2, 0.25) is 0 Å². The van der Waals surface area contributed by atoms with Crippen molar-refractivity contribution in [3.63, 3.8) is 0 Å². The average Bonchev–Trinajstić information content (AvgIpc) is 3.30. The molecule has 6 nitrogen and oxygen atoms in total. The fraction of sp³-hybridized carbons (Fsp3) is 0.559. The molecule has 2 fully saturated rings. The number of hydrogen-bond donors (Lipinski definition) is 0. The molecular formula is C34H46O6. The number of unbranched alkanes of at least 4 members (excludes halogenated alkanes) is 1. The summed E-state index contributed by atoms with van der Waals surface area (Å²) in [6, 6.07) is 18.8. The summed E-state index contributed by atoms with van der Waals surface area (Å²) in [6.07, 6.45) is 11.3. The summed E-state index contributed by atoms with van der Waals surface area (Å²) in [7, 11) is 1.44. The molecule has 6 heteroatoms. The zero-order chi connectivity index (χ0) is 28.0. The van der Waals surface area contributed by atoms with E-state index in [-0.39, 0.29) is 36.3 Å². The fourth-order valence-electron chi connectivity index (χ4n) is 5.78. The highest BCUT2D eigenvalue weighted by molar-refractivity contribution is 5.69. The van der Waals surface area contributed by atoms with E-state index in [4.69, 9.17) is 23.7 Å². The van der Waals surface area contributed by atoms with Crippen LogP contribution < -0.4 is 0 Å². The second-order valence-electron chi connectivity index (χ2n) is 11.0. The first-order valence-corrected chi connectivity index (χ1v) is 14.9. The van der Waals surface area contributed by atoms with E-state index in [9.17, 15) is 4.79 Å². The van der Waals surface area contributed by atoms with Crippen LogP contribution in [0.1, 0.15) is 68.1 Å². The van der Waals surface area contributed by atoms with Gasteiger partial charge in [-0.15, -0.1) is 0 Å². The van der Waals surface area contributed by atoms with Crippen molar-refractivity contribution in [2.24, 2.45) is 11.8 Å². The number of carbonyl (C=O) groups excluding carboxylic acids is 1. The van der Waals surface area contributed by atoms with Gasteiger partial charge in [-0.2, -0.15) is 0 Å². The van der Waals surface area contributed by atoms with Crippen LogP contribution in [0.3, 0.4) is 0 Å². The molecule has 0 N–H and O–H groups in total. The van der Waals surface area contributed by atoms with Crippen molar-refractivity contribution >= 4 is 5.97 Å². The molecule has 218 valence electrons. The van der Waals surface area contributed by atoms with Crippen LogP contribution in [0.15, 0.2) is 66.7 Å². The lowest BCUT2D eigenvalue weighted by Gasteiger charge is -2.30. The minimum Gasteiger partial charge on any atom is -0.469 e. The van der Waals surface area contributed by atoms with Gasteiger partial charge in [-0.25, -0.2) is 0 Å². The third kappa shape index (κ3) is 9.84. The number of benzene rings is 2. The van der Waals surface area contributed by atoms with Gasteiger partial charge in [0.1, 0.15) is 0 Å². The largest absolute Gasteiger partial charge is 0.469 e. The van der Waals surface area contributed by atoms with Crippen molar-refractivity contribution in [1.29, 1.82) is 0 Å². The highest BCUT2D eigenvalue weighted by atomic mass is 16.7. The maximum absolute atomic E-state index is 11.4. The molecule has 2 aromatic carbocycles. The van der Waals surface area contributed by atoms with E-state index >= 15 is 0 Å². The topological polar surface area (TPSA) is 63.2 Å². The number of hydrogen-bond acceptors (Lipinski definition) is 6. The Balaban J connectivity index is 1.44. The fourth-order valence-corrected chi connectivity index (χ4v) is 5.78. The highest BCUT2D eigenvalue weighted by Crippen LogP contribution is 2.41. The summed E-state index contributed by atoms with van der Waals surface area (Å²) in [5, 5.41) is 0. The van der Waals surface area contributed by atoms with Crippen molar-refractivity contribution in [1.82, 2.24) is 0 Å². The van der Waals surface area contributed by atoms with Gasteiger partial charge in [0.15, 0.2) is 6.29 Å². The first-order valence-electron chi connectivity index (χ1n) is 14.9. The van der Waals surface area contributed by atoms with Crippen molar-refractivity contribution in [3.8, 4) is 0 Å². The predicted molar refractivity (Wildman–Crippen MR) is 156 cm³/mol. The van der Waals surface area contributed by atoms with Crippen LogP contribution in [-0.2, 0) is 41.7 Å². The molecular weight excluding hydrogens is 504 g/mol. The quantitative estimate of drug-likeness (QED) is 0.136. The van der Waals surface area contributed by atoms with Crippen molar-refractivity contribution < 1.29 is 28.5 Å². The predicted octanol–water partition coefficient (Wildman–Crippen LogP) is 6.93. The monoisotopic (exact) mass is 550 g/mol. The van der Waals surface area contributed by atoms with Gasteiger partial charge in [-0.1, -0.05) is 72.3 Å². The molecule has 2 aromatic rings. The maximum atomic E-state index is 11.4. The summed E-state index contributed by atoms with van der Waals surface area (Å²) in [5.41, 5.74) is 3.60. The van der Waals surface area contributed by atoms with Crippen LogP contribution in [0.4, 0.5) is 0 Å². The van der Waals surface area contributed by atoms with E-state index in [1.165, 1.54) is 23.8 Å². The molecule has 4 rings (SSSR count). The Labute approximate surface area is 240 Å². The smallest absolute Gasteiger partial charge is 0.305 e. The summed E-state index contributed by atoms with van der Waals surface area (Å²) >= 11 is 0. The molecule has 1 saturated carbocycles. The Morgan fingerprint density at radius 1 is 0.975 bits per heavy atom. The third-order valence-corrected chi connectivity index (χ3v) is 7.96. The van der Waals surface area contributed by atoms with Gasteiger partial charge >= 0.3 is 5.97 Å². The molecule has 0 radical (unpaired) electrons. The Hall–Kier alpha value is -2.51. The second-order valence-corrected chi connectivity index (χ2v) is 11.0. The summed E-state index contributed by atoms with van der Waals surface area (Å²) in [5.74, 6) is 0.289. The molecule has 1 saturated heterocycles. The zero-order valence-corrected chi connectivity index (χ0v) is 24.2. The van der Waals surface area contributed by atoms with Gasteiger partial charge in [0.2, 0.25) is 0 Å². The summed E-state index contributed by atoms with van der Waals surface area (Å²) < 4.78 is 30.3. The number of aryl methyl sites for hydroxylation is 1. The maximum Gasteiger partial charge on any atom is 0.305 e. The minimum atomic E-state index is -0.158. The average molecular weight is 551 g/mol. The lowest BCUT2D eigenvalue weighted by molar-refractivity contribution is -0.199. The van der Waals surface area contributed by atoms with Crippen molar-refractivity contribution in [2.45, 2.75) is 90.0 Å². The number of allylic oxidation sites excluding steroid dienone is 2. The van der Waals surface area contributed by atoms with Gasteiger partial charge in [0.25, 0.3) is 0 Å². The molecule has 2 aliphatic rings. The van der Waals surface area contributed by atoms with Crippen LogP contribution in [0.25, 0.3) is 0 Å². The van der Waals surface area contributed by atoms with Crippen LogP contribution in [-0.4, -0.2) is 44.8 Å². The molecule has 0 bridgehead atoms. The Morgan fingerprint density at radius 2 is 1.82 bits per heavy atom. The molecule has 1 unspecified atom stereocenters. The lowest BCUT2D eigenvalue weighted by Crippen LogP contribution is -2.33. The van der Waals surface area contributed by atoms with Crippen LogP contribution in [0, 0.1) is 18.8 Å². The van der Waals surface area contributed by atoms with Gasteiger partial charge in [-0.05, 0) is 62.5 Å². The van der Waals surface area contributed by atoms with Crippen LogP contribution in [0.5, 0.6) is 0 Å². The number of methoxy groups -OCH3 is 1. The van der Waals surface area contributed by atoms with E-state index in [1.54, 1.807) is 0 Å². The van der Waals surface area contributed by atoms with Crippen molar-refractivity contribution in [3.05, 3.63) is 83.4 Å². The SMILES string of the molecule is COC(=O)CCC/C=C\C[C@H]1[C@H](COCc2cccc(C)c2)[C@H](OC2CCCCO2)C[C@H]1OCc1ccccc1. The Bertz CT molecular complexity index is 1030. The van der Waals surface area contributed by atoms with Gasteiger partial charge < -0.3 is 23.7 Å². The third-order valence-electron chi connectivity index (χ3n) is 7.96. The summed E-state index contributed by atoms with van der Waals surface area (Å²) in [6.45, 7) is 4.64. The first kappa shape index (κ1) is 30.4. The minimum absolute atomic E-state index is 0.0131. The Kier molecular flexibility index (Phi) is 12.7. The number of rotatable bonds is 15. The van der Waals surface area contributed by atoms with Crippen LogP contribution >= 0.6 is 0 Å². The number of esters is 1. The van der Waals surface area contributed by atoms with E-state index < -0.39 is 0 Å². The highest BCUT2D eigenvalue weighted by Gasteiger charge is 2.45. The molecule has 5 atom stereocenters. The number of ether oxygens (including phenoxy) is 5. The summed E-state index contributed by atoms with van der Waals surface area (Å²) in [4.78, 5) is 11.4. The molecule has 1 aliphatic heterocycles. The molecule has 40 heavy (non-hydrogen) atoms. The number of carbonyl (C=O) groups is 1. The van der Waals surface area contributed by atoms with Gasteiger partial charge in [0, 0.05) is 25.4 Å². The van der Waals surface area contributed by atoms with Crippen molar-refractivity contribution in [2.75, 3.05) is 20.3 Å². The molecule has 1 aliphatic carbocycles. The zero-order valence-electron chi connectivity index (χ0n) is 24.2. The van der Waals surface area contributed by atoms with E-state index in [2.05, 4.69) is 67.6 Å². The second kappa shape index (κ2) is 16.7. The molecule has 0 spiro atoms. The first-order chi connectivity index (χ1) is 19.6. The normalized spacial score (nSPS) is 24.9. The van der Waals surface area contributed by atoms with E-state index in [0.717, 1.165) is 51.6 Å². The lowest BCUT2D eigenvalue weighted by atomic mass is 9.90. The van der Waals surface area contributed by atoms with E-state index in [1.807, 2.05) is 6.07 Å².